The van der Waals surface area contributed by atoms with Crippen molar-refractivity contribution in [2.24, 2.45) is 0 Å². The van der Waals surface area contributed by atoms with Gasteiger partial charge in [0.05, 0.1) is 11.4 Å². The van der Waals surface area contributed by atoms with E-state index in [1.54, 1.807) is 4.80 Å². The molecular weight excluding hydrogens is 396 g/mol. The van der Waals surface area contributed by atoms with Crippen LogP contribution >= 0.6 is 11.3 Å². The number of nitrogens with zero attached hydrogens (tertiary/aromatic N) is 5. The molecule has 0 aliphatic carbocycles. The summed E-state index contributed by atoms with van der Waals surface area (Å²) >= 11 is 1.50. The number of unbranched alkanes of at least 4 members (excludes halogenated alkanes) is 2. The Kier molecular flexibility index (Phi) is 7.20. The van der Waals surface area contributed by atoms with Gasteiger partial charge in [0.2, 0.25) is 5.82 Å². The van der Waals surface area contributed by atoms with Crippen molar-refractivity contribution < 1.29 is 4.79 Å². The SMILES string of the molecule is O=C(NC1CCN(CCCCCn2nnc(-c3ccccc3)n2)CC1)c1cccs1. The van der Waals surface area contributed by atoms with E-state index in [0.717, 1.165) is 62.3 Å². The van der Waals surface area contributed by atoms with Crippen LogP contribution in [0.2, 0.25) is 0 Å². The third kappa shape index (κ3) is 5.73. The second-order valence-electron chi connectivity index (χ2n) is 7.70. The number of likely N-dealkylation sites (tertiary alicyclic amines) is 1. The molecule has 1 saturated heterocycles. The van der Waals surface area contributed by atoms with E-state index < -0.39 is 0 Å². The van der Waals surface area contributed by atoms with Crippen molar-refractivity contribution in [3.05, 3.63) is 52.7 Å². The zero-order valence-corrected chi connectivity index (χ0v) is 17.9. The lowest BCUT2D eigenvalue weighted by molar-refractivity contribution is 0.0914. The molecule has 158 valence electrons. The molecular formula is C22H28N6OS. The van der Waals surface area contributed by atoms with Crippen molar-refractivity contribution in [2.75, 3.05) is 19.6 Å². The third-order valence-corrected chi connectivity index (χ3v) is 6.35. The van der Waals surface area contributed by atoms with E-state index in [1.807, 2.05) is 47.8 Å². The Morgan fingerprint density at radius 1 is 1.03 bits per heavy atom. The van der Waals surface area contributed by atoms with Crippen LogP contribution in [0, 0.1) is 0 Å². The van der Waals surface area contributed by atoms with Gasteiger partial charge in [0, 0.05) is 24.7 Å². The Morgan fingerprint density at radius 3 is 2.60 bits per heavy atom. The lowest BCUT2D eigenvalue weighted by atomic mass is 10.0. The van der Waals surface area contributed by atoms with Gasteiger partial charge in [0.1, 0.15) is 0 Å². The fourth-order valence-electron chi connectivity index (χ4n) is 3.77. The average Bonchev–Trinajstić information content (AvgIpc) is 3.48. The number of hydrogen-bond donors (Lipinski definition) is 1. The van der Waals surface area contributed by atoms with E-state index in [4.69, 9.17) is 0 Å². The lowest BCUT2D eigenvalue weighted by Crippen LogP contribution is -2.44. The Balaban J connectivity index is 1.09. The molecule has 0 saturated carbocycles. The normalized spacial score (nSPS) is 15.3. The number of piperidine rings is 1. The number of aryl methyl sites for hydroxylation is 1. The highest BCUT2D eigenvalue weighted by Gasteiger charge is 2.21. The number of amides is 1. The zero-order valence-electron chi connectivity index (χ0n) is 17.1. The smallest absolute Gasteiger partial charge is 0.261 e. The van der Waals surface area contributed by atoms with E-state index in [9.17, 15) is 4.79 Å². The summed E-state index contributed by atoms with van der Waals surface area (Å²) in [6.07, 6.45) is 5.44. The first-order chi connectivity index (χ1) is 14.8. The van der Waals surface area contributed by atoms with Crippen LogP contribution in [0.3, 0.4) is 0 Å². The molecule has 1 fully saturated rings. The standard InChI is InChI=1S/C22H28N6OS/c29-22(20-10-7-17-30-20)23-19-11-15-27(16-12-19)13-5-2-6-14-28-25-21(24-26-28)18-8-3-1-4-9-18/h1,3-4,7-10,17,19H,2,5-6,11-16H2,(H,23,29). The number of rotatable bonds is 9. The fraction of sp³-hybridized carbons (Fsp3) is 0.455. The van der Waals surface area contributed by atoms with Gasteiger partial charge >= 0.3 is 0 Å². The number of nitrogens with one attached hydrogen (secondary N) is 1. The molecule has 1 amide bonds. The minimum absolute atomic E-state index is 0.0700. The number of benzene rings is 1. The van der Waals surface area contributed by atoms with Crippen molar-refractivity contribution in [3.63, 3.8) is 0 Å². The topological polar surface area (TPSA) is 75.9 Å². The molecule has 0 atom stereocenters. The van der Waals surface area contributed by atoms with E-state index in [-0.39, 0.29) is 5.91 Å². The van der Waals surface area contributed by atoms with Gasteiger partial charge in [0.25, 0.3) is 5.91 Å². The Morgan fingerprint density at radius 2 is 1.83 bits per heavy atom. The Bertz CT molecular complexity index is 903. The minimum Gasteiger partial charge on any atom is -0.349 e. The molecule has 4 rings (SSSR count). The second-order valence-corrected chi connectivity index (χ2v) is 8.65. The zero-order chi connectivity index (χ0) is 20.6. The third-order valence-electron chi connectivity index (χ3n) is 5.49. The summed E-state index contributed by atoms with van der Waals surface area (Å²) in [5.74, 6) is 0.755. The maximum Gasteiger partial charge on any atom is 0.261 e. The predicted molar refractivity (Wildman–Crippen MR) is 118 cm³/mol. The van der Waals surface area contributed by atoms with Gasteiger partial charge in [-0.05, 0) is 48.9 Å². The summed E-state index contributed by atoms with van der Waals surface area (Å²) in [6, 6.07) is 14.0. The van der Waals surface area contributed by atoms with E-state index >= 15 is 0 Å². The first-order valence-corrected chi connectivity index (χ1v) is 11.6. The van der Waals surface area contributed by atoms with E-state index in [2.05, 4.69) is 25.6 Å². The van der Waals surface area contributed by atoms with Gasteiger partial charge in [-0.15, -0.1) is 21.5 Å². The van der Waals surface area contributed by atoms with Gasteiger partial charge in [-0.1, -0.05) is 42.8 Å². The van der Waals surface area contributed by atoms with Crippen molar-refractivity contribution in [3.8, 4) is 11.4 Å². The molecule has 3 aromatic rings. The van der Waals surface area contributed by atoms with Gasteiger partial charge in [0.15, 0.2) is 0 Å². The number of aromatic nitrogens is 4. The number of tetrazole rings is 1. The highest BCUT2D eigenvalue weighted by atomic mass is 32.1. The van der Waals surface area contributed by atoms with Crippen LogP contribution in [-0.4, -0.2) is 56.7 Å². The summed E-state index contributed by atoms with van der Waals surface area (Å²) in [6.45, 7) is 4.03. The fourth-order valence-corrected chi connectivity index (χ4v) is 4.40. The molecule has 3 heterocycles. The molecule has 0 bridgehead atoms. The van der Waals surface area contributed by atoms with Crippen LogP contribution in [0.1, 0.15) is 41.8 Å². The molecule has 1 N–H and O–H groups in total. The number of hydrogen-bond acceptors (Lipinski definition) is 6. The van der Waals surface area contributed by atoms with Crippen LogP contribution in [0.4, 0.5) is 0 Å². The van der Waals surface area contributed by atoms with Crippen molar-refractivity contribution >= 4 is 17.2 Å². The maximum atomic E-state index is 12.2. The molecule has 0 radical (unpaired) electrons. The largest absolute Gasteiger partial charge is 0.349 e. The van der Waals surface area contributed by atoms with Gasteiger partial charge in [-0.25, -0.2) is 0 Å². The summed E-state index contributed by atoms with van der Waals surface area (Å²) in [4.78, 5) is 17.2. The van der Waals surface area contributed by atoms with Crippen molar-refractivity contribution in [1.82, 2.24) is 30.4 Å². The summed E-state index contributed by atoms with van der Waals surface area (Å²) in [7, 11) is 0. The highest BCUT2D eigenvalue weighted by Crippen LogP contribution is 2.15. The van der Waals surface area contributed by atoms with Crippen LogP contribution < -0.4 is 5.32 Å². The van der Waals surface area contributed by atoms with E-state index in [0.29, 0.717) is 11.9 Å². The van der Waals surface area contributed by atoms with Crippen LogP contribution in [0.5, 0.6) is 0 Å². The van der Waals surface area contributed by atoms with E-state index in [1.165, 1.54) is 17.8 Å². The number of thiophene rings is 1. The monoisotopic (exact) mass is 424 g/mol. The Labute approximate surface area is 181 Å². The molecule has 8 heteroatoms. The first-order valence-electron chi connectivity index (χ1n) is 10.7. The predicted octanol–water partition coefficient (Wildman–Crippen LogP) is 3.47. The molecule has 1 aliphatic heterocycles. The molecule has 7 nitrogen and oxygen atoms in total. The van der Waals surface area contributed by atoms with Crippen molar-refractivity contribution in [1.29, 1.82) is 0 Å². The second kappa shape index (κ2) is 10.4. The van der Waals surface area contributed by atoms with Gasteiger partial charge in [-0.2, -0.15) is 4.80 Å². The van der Waals surface area contributed by atoms with Gasteiger partial charge in [-0.3, -0.25) is 4.79 Å². The molecule has 0 unspecified atom stereocenters. The van der Waals surface area contributed by atoms with Gasteiger partial charge < -0.3 is 10.2 Å². The summed E-state index contributed by atoms with van der Waals surface area (Å²) in [5.41, 5.74) is 0.999. The quantitative estimate of drug-likeness (QED) is 0.533. The summed E-state index contributed by atoms with van der Waals surface area (Å²) in [5, 5.41) is 17.9. The molecule has 2 aromatic heterocycles. The Hall–Kier alpha value is -2.58. The molecule has 0 spiro atoms. The number of carbonyl (C=O) groups excluding carboxylic acids is 1. The molecule has 30 heavy (non-hydrogen) atoms. The lowest BCUT2D eigenvalue weighted by Gasteiger charge is -2.32. The first kappa shape index (κ1) is 20.7. The number of carbonyl (C=O) groups is 1. The molecule has 1 aliphatic rings. The van der Waals surface area contributed by atoms with Crippen LogP contribution in [0.15, 0.2) is 47.8 Å². The summed E-state index contributed by atoms with van der Waals surface area (Å²) < 4.78 is 0. The average molecular weight is 425 g/mol. The van der Waals surface area contributed by atoms with Crippen LogP contribution in [-0.2, 0) is 6.54 Å². The maximum absolute atomic E-state index is 12.2. The highest BCUT2D eigenvalue weighted by molar-refractivity contribution is 7.12. The molecule has 1 aromatic carbocycles. The van der Waals surface area contributed by atoms with Crippen LogP contribution in [0.25, 0.3) is 11.4 Å². The minimum atomic E-state index is 0.0700. The van der Waals surface area contributed by atoms with Crippen molar-refractivity contribution in [2.45, 2.75) is 44.7 Å².